The number of methoxy groups -OCH3 is 1. The number of unbranched alkanes of at least 4 members (excludes halogenated alkanes) is 1. The van der Waals surface area contributed by atoms with Crippen LogP contribution in [0.5, 0.6) is 5.75 Å². The lowest BCUT2D eigenvalue weighted by atomic mass is 10.0. The SMILES string of the molecule is CCCCNC(=O)[C@@H](Cc1ccccc1)N(Cc1ccc(Cl)cc1)C(=O)CN(c1cccc(OC)c1)S(=O)(=O)c1ccccc1. The summed E-state index contributed by atoms with van der Waals surface area (Å²) in [5.74, 6) is -0.421. The molecule has 0 fully saturated rings. The first kappa shape index (κ1) is 33.6. The maximum Gasteiger partial charge on any atom is 0.264 e. The predicted octanol–water partition coefficient (Wildman–Crippen LogP) is 6.10. The number of carbonyl (C=O) groups is 2. The highest BCUT2D eigenvalue weighted by molar-refractivity contribution is 7.92. The number of ether oxygens (including phenoxy) is 1. The van der Waals surface area contributed by atoms with Crippen molar-refractivity contribution >= 4 is 39.1 Å². The third kappa shape index (κ3) is 9.09. The van der Waals surface area contributed by atoms with Gasteiger partial charge in [0.05, 0.1) is 17.7 Å². The van der Waals surface area contributed by atoms with Crippen LogP contribution >= 0.6 is 11.6 Å². The average molecular weight is 648 g/mol. The number of anilines is 1. The molecule has 0 radical (unpaired) electrons. The number of sulfonamides is 1. The number of rotatable bonds is 15. The Labute approximate surface area is 270 Å². The fraction of sp³-hybridized carbons (Fsp3) is 0.257. The normalized spacial score (nSPS) is 11.8. The molecule has 0 unspecified atom stereocenters. The minimum absolute atomic E-state index is 0.0306. The van der Waals surface area contributed by atoms with Crippen molar-refractivity contribution in [1.29, 1.82) is 0 Å². The van der Waals surface area contributed by atoms with Crippen LogP contribution in [0.3, 0.4) is 0 Å². The van der Waals surface area contributed by atoms with Gasteiger partial charge in [-0.25, -0.2) is 8.42 Å². The highest BCUT2D eigenvalue weighted by Crippen LogP contribution is 2.28. The van der Waals surface area contributed by atoms with Crippen LogP contribution in [-0.4, -0.2) is 51.4 Å². The van der Waals surface area contributed by atoms with Crippen LogP contribution < -0.4 is 14.4 Å². The highest BCUT2D eigenvalue weighted by atomic mass is 35.5. The van der Waals surface area contributed by atoms with Crippen molar-refractivity contribution in [2.24, 2.45) is 0 Å². The van der Waals surface area contributed by atoms with Crippen molar-refractivity contribution in [3.8, 4) is 5.75 Å². The number of hydrogen-bond acceptors (Lipinski definition) is 5. The van der Waals surface area contributed by atoms with E-state index in [-0.39, 0.29) is 29.5 Å². The monoisotopic (exact) mass is 647 g/mol. The number of nitrogens with one attached hydrogen (secondary N) is 1. The number of hydrogen-bond donors (Lipinski definition) is 1. The molecule has 0 saturated carbocycles. The standard InChI is InChI=1S/C35H38ClN3O5S/c1-3-4-22-37-35(41)33(23-27-12-7-5-8-13-27)38(25-28-18-20-29(36)21-19-28)34(40)26-39(30-14-11-15-31(24-30)44-2)45(42,43)32-16-9-6-10-17-32/h5-21,24,33H,3-4,22-23,25-26H2,1-2H3,(H,37,41)/t33-/m1/s1. The number of halogens is 1. The third-order valence-corrected chi connectivity index (χ3v) is 9.36. The van der Waals surface area contributed by atoms with E-state index in [9.17, 15) is 18.0 Å². The Morgan fingerprint density at radius 3 is 2.18 bits per heavy atom. The third-order valence-electron chi connectivity index (χ3n) is 7.32. The van der Waals surface area contributed by atoms with E-state index in [1.165, 1.54) is 24.1 Å². The second-order valence-electron chi connectivity index (χ2n) is 10.5. The lowest BCUT2D eigenvalue weighted by Crippen LogP contribution is -2.53. The van der Waals surface area contributed by atoms with Gasteiger partial charge in [-0.3, -0.25) is 13.9 Å². The van der Waals surface area contributed by atoms with Crippen LogP contribution in [0.2, 0.25) is 5.02 Å². The molecule has 45 heavy (non-hydrogen) atoms. The molecule has 0 saturated heterocycles. The van der Waals surface area contributed by atoms with Gasteiger partial charge < -0.3 is 15.0 Å². The van der Waals surface area contributed by atoms with Crippen LogP contribution in [0.1, 0.15) is 30.9 Å². The van der Waals surface area contributed by atoms with E-state index in [4.69, 9.17) is 16.3 Å². The summed E-state index contributed by atoms with van der Waals surface area (Å²) in [4.78, 5) is 29.8. The number of amides is 2. The Kier molecular flexibility index (Phi) is 12.0. The van der Waals surface area contributed by atoms with Gasteiger partial charge in [0.25, 0.3) is 10.0 Å². The van der Waals surface area contributed by atoms with E-state index in [0.29, 0.717) is 17.3 Å². The summed E-state index contributed by atoms with van der Waals surface area (Å²) in [6.45, 7) is 2.00. The molecule has 4 aromatic rings. The molecule has 236 valence electrons. The number of nitrogens with zero attached hydrogens (tertiary/aromatic N) is 2. The fourth-order valence-electron chi connectivity index (χ4n) is 4.86. The van der Waals surface area contributed by atoms with Crippen molar-refractivity contribution < 1.29 is 22.7 Å². The van der Waals surface area contributed by atoms with E-state index >= 15 is 0 Å². The van der Waals surface area contributed by atoms with E-state index in [1.54, 1.807) is 66.7 Å². The Balaban J connectivity index is 1.79. The molecule has 1 N–H and O–H groups in total. The van der Waals surface area contributed by atoms with Gasteiger partial charge in [-0.05, 0) is 53.9 Å². The molecular weight excluding hydrogens is 610 g/mol. The van der Waals surface area contributed by atoms with Crippen molar-refractivity contribution in [2.75, 3.05) is 24.5 Å². The van der Waals surface area contributed by atoms with Crippen LogP contribution in [0.4, 0.5) is 5.69 Å². The maximum absolute atomic E-state index is 14.5. The number of carbonyl (C=O) groups excluding carboxylic acids is 2. The molecule has 0 spiro atoms. The smallest absolute Gasteiger partial charge is 0.264 e. The second-order valence-corrected chi connectivity index (χ2v) is 12.8. The molecular formula is C35H38ClN3O5S. The quantitative estimate of drug-likeness (QED) is 0.157. The summed E-state index contributed by atoms with van der Waals surface area (Å²) >= 11 is 6.14. The molecule has 0 bridgehead atoms. The van der Waals surface area contributed by atoms with Crippen molar-refractivity contribution in [1.82, 2.24) is 10.2 Å². The predicted molar refractivity (Wildman–Crippen MR) is 178 cm³/mol. The lowest BCUT2D eigenvalue weighted by Gasteiger charge is -2.34. The van der Waals surface area contributed by atoms with Crippen molar-refractivity contribution in [3.05, 3.63) is 125 Å². The highest BCUT2D eigenvalue weighted by Gasteiger charge is 2.34. The molecule has 0 aromatic heterocycles. The minimum atomic E-state index is -4.20. The summed E-state index contributed by atoms with van der Waals surface area (Å²) in [6, 6.07) is 30.0. The van der Waals surface area contributed by atoms with Gasteiger partial charge in [0.15, 0.2) is 0 Å². The van der Waals surface area contributed by atoms with Gasteiger partial charge in [-0.2, -0.15) is 0 Å². The molecule has 8 nitrogen and oxygen atoms in total. The molecule has 4 rings (SSSR count). The van der Waals surface area contributed by atoms with Crippen LogP contribution in [-0.2, 0) is 32.6 Å². The first-order chi connectivity index (χ1) is 21.7. The second kappa shape index (κ2) is 16.1. The van der Waals surface area contributed by atoms with Crippen LogP contribution in [0.15, 0.2) is 114 Å². The van der Waals surface area contributed by atoms with Gasteiger partial charge >= 0.3 is 0 Å². The summed E-state index contributed by atoms with van der Waals surface area (Å²) in [5, 5.41) is 3.52. The summed E-state index contributed by atoms with van der Waals surface area (Å²) in [6.07, 6.45) is 1.92. The van der Waals surface area contributed by atoms with Gasteiger partial charge in [-0.1, -0.05) is 91.7 Å². The van der Waals surface area contributed by atoms with E-state index in [1.807, 2.05) is 37.3 Å². The Bertz CT molecular complexity index is 1650. The van der Waals surface area contributed by atoms with Crippen LogP contribution in [0, 0.1) is 0 Å². The summed E-state index contributed by atoms with van der Waals surface area (Å²) in [7, 11) is -2.71. The largest absolute Gasteiger partial charge is 0.497 e. The summed E-state index contributed by atoms with van der Waals surface area (Å²) < 4.78 is 34.6. The van der Waals surface area contributed by atoms with Crippen LogP contribution in [0.25, 0.3) is 0 Å². The molecule has 0 aliphatic carbocycles. The lowest BCUT2D eigenvalue weighted by molar-refractivity contribution is -0.140. The Hall–Kier alpha value is -4.34. The van der Waals surface area contributed by atoms with E-state index in [0.717, 1.165) is 28.3 Å². The van der Waals surface area contributed by atoms with Crippen molar-refractivity contribution in [2.45, 2.75) is 43.7 Å². The Morgan fingerprint density at radius 2 is 1.53 bits per heavy atom. The molecule has 2 amide bonds. The van der Waals surface area contributed by atoms with E-state index < -0.39 is 28.5 Å². The minimum Gasteiger partial charge on any atom is -0.497 e. The fourth-order valence-corrected chi connectivity index (χ4v) is 6.41. The zero-order valence-electron chi connectivity index (χ0n) is 25.4. The van der Waals surface area contributed by atoms with Crippen molar-refractivity contribution in [3.63, 3.8) is 0 Å². The molecule has 0 aliphatic rings. The maximum atomic E-state index is 14.5. The zero-order valence-corrected chi connectivity index (χ0v) is 27.0. The van der Waals surface area contributed by atoms with Gasteiger partial charge in [0.2, 0.25) is 11.8 Å². The topological polar surface area (TPSA) is 96.0 Å². The number of benzene rings is 4. The van der Waals surface area contributed by atoms with Gasteiger partial charge in [-0.15, -0.1) is 0 Å². The van der Waals surface area contributed by atoms with Gasteiger partial charge in [0, 0.05) is 30.6 Å². The molecule has 0 aliphatic heterocycles. The molecule has 4 aromatic carbocycles. The van der Waals surface area contributed by atoms with E-state index in [2.05, 4.69) is 5.32 Å². The average Bonchev–Trinajstić information content (AvgIpc) is 3.06. The summed E-state index contributed by atoms with van der Waals surface area (Å²) in [5.41, 5.74) is 1.86. The first-order valence-corrected chi connectivity index (χ1v) is 16.6. The first-order valence-electron chi connectivity index (χ1n) is 14.8. The molecule has 0 heterocycles. The van der Waals surface area contributed by atoms with Gasteiger partial charge in [0.1, 0.15) is 18.3 Å². The molecule has 10 heteroatoms. The molecule has 1 atom stereocenters. The Morgan fingerprint density at radius 1 is 0.867 bits per heavy atom. The zero-order chi connectivity index (χ0) is 32.2.